The Morgan fingerprint density at radius 2 is 2.15 bits per heavy atom. The van der Waals surface area contributed by atoms with E-state index in [9.17, 15) is 0 Å². The summed E-state index contributed by atoms with van der Waals surface area (Å²) in [5.41, 5.74) is 8.95. The van der Waals surface area contributed by atoms with Crippen molar-refractivity contribution in [2.45, 2.75) is 51.8 Å². The fraction of sp³-hybridized carbons (Fsp3) is 0.647. The molecule has 0 aliphatic carbocycles. The van der Waals surface area contributed by atoms with E-state index in [2.05, 4.69) is 49.9 Å². The number of rotatable bonds is 5. The molecule has 0 bridgehead atoms. The van der Waals surface area contributed by atoms with Crippen molar-refractivity contribution in [3.63, 3.8) is 0 Å². The number of ether oxygens (including phenoxy) is 1. The van der Waals surface area contributed by atoms with Gasteiger partial charge in [-0.15, -0.1) is 0 Å². The van der Waals surface area contributed by atoms with Crippen molar-refractivity contribution in [3.8, 4) is 0 Å². The van der Waals surface area contributed by atoms with Gasteiger partial charge in [-0.25, -0.2) is 0 Å². The summed E-state index contributed by atoms with van der Waals surface area (Å²) in [6.07, 6.45) is 2.49. The lowest BCUT2D eigenvalue weighted by atomic mass is 9.99. The Labute approximate surface area is 123 Å². The third-order valence-electron chi connectivity index (χ3n) is 4.37. The maximum Gasteiger partial charge on any atom is 0.0674 e. The van der Waals surface area contributed by atoms with Crippen LogP contribution in [-0.2, 0) is 4.74 Å². The van der Waals surface area contributed by atoms with E-state index in [4.69, 9.17) is 10.5 Å². The van der Waals surface area contributed by atoms with E-state index in [1.165, 1.54) is 11.1 Å². The zero-order valence-electron chi connectivity index (χ0n) is 13.0. The summed E-state index contributed by atoms with van der Waals surface area (Å²) in [5, 5.41) is 0. The van der Waals surface area contributed by atoms with Crippen molar-refractivity contribution in [3.05, 3.63) is 35.4 Å². The van der Waals surface area contributed by atoms with E-state index in [1.807, 2.05) is 0 Å². The van der Waals surface area contributed by atoms with E-state index in [0.29, 0.717) is 12.1 Å². The van der Waals surface area contributed by atoms with Gasteiger partial charge in [0.1, 0.15) is 0 Å². The first-order valence-electron chi connectivity index (χ1n) is 7.78. The highest BCUT2D eigenvalue weighted by Gasteiger charge is 2.25. The van der Waals surface area contributed by atoms with E-state index in [-0.39, 0.29) is 6.04 Å². The molecule has 2 rings (SSSR count). The van der Waals surface area contributed by atoms with Gasteiger partial charge in [0.05, 0.1) is 12.7 Å². The number of hydrogen-bond donors (Lipinski definition) is 1. The average molecular weight is 276 g/mol. The van der Waals surface area contributed by atoms with Crippen molar-refractivity contribution in [2.24, 2.45) is 5.73 Å². The zero-order chi connectivity index (χ0) is 14.5. The van der Waals surface area contributed by atoms with Crippen molar-refractivity contribution >= 4 is 0 Å². The van der Waals surface area contributed by atoms with Crippen molar-refractivity contribution in [1.82, 2.24) is 4.90 Å². The predicted molar refractivity (Wildman–Crippen MR) is 83.8 cm³/mol. The second-order valence-electron chi connectivity index (χ2n) is 5.95. The first-order chi connectivity index (χ1) is 9.61. The third kappa shape index (κ3) is 3.81. The summed E-state index contributed by atoms with van der Waals surface area (Å²) in [7, 11) is 0. The molecule has 1 aliphatic rings. The highest BCUT2D eigenvalue weighted by Crippen LogP contribution is 2.21. The maximum atomic E-state index is 6.38. The Balaban J connectivity index is 1.92. The van der Waals surface area contributed by atoms with Gasteiger partial charge in [0.15, 0.2) is 0 Å². The Hall–Kier alpha value is -0.900. The first-order valence-corrected chi connectivity index (χ1v) is 7.78. The molecular weight excluding hydrogens is 248 g/mol. The van der Waals surface area contributed by atoms with Crippen LogP contribution in [0.1, 0.15) is 43.9 Å². The van der Waals surface area contributed by atoms with Crippen LogP contribution in [0.25, 0.3) is 0 Å². The van der Waals surface area contributed by atoms with Crippen molar-refractivity contribution in [1.29, 1.82) is 0 Å². The number of benzene rings is 1. The highest BCUT2D eigenvalue weighted by molar-refractivity contribution is 5.28. The van der Waals surface area contributed by atoms with Gasteiger partial charge in [-0.3, -0.25) is 4.90 Å². The van der Waals surface area contributed by atoms with Crippen molar-refractivity contribution < 1.29 is 4.74 Å². The van der Waals surface area contributed by atoms with Crippen LogP contribution in [0.3, 0.4) is 0 Å². The highest BCUT2D eigenvalue weighted by atomic mass is 16.5. The normalized spacial score (nSPS) is 25.6. The molecule has 20 heavy (non-hydrogen) atoms. The summed E-state index contributed by atoms with van der Waals surface area (Å²) in [6, 6.07) is 9.12. The molecule has 1 fully saturated rings. The van der Waals surface area contributed by atoms with E-state index >= 15 is 0 Å². The van der Waals surface area contributed by atoms with E-state index in [0.717, 1.165) is 32.5 Å². The molecule has 0 spiro atoms. The van der Waals surface area contributed by atoms with Crippen LogP contribution in [0.4, 0.5) is 0 Å². The molecule has 1 aliphatic heterocycles. The Kier molecular flexibility index (Phi) is 5.58. The number of aryl methyl sites for hydroxylation is 1. The van der Waals surface area contributed by atoms with Crippen molar-refractivity contribution in [2.75, 3.05) is 19.7 Å². The molecule has 3 heteroatoms. The third-order valence-corrected chi connectivity index (χ3v) is 4.37. The van der Waals surface area contributed by atoms with Gasteiger partial charge in [0.2, 0.25) is 0 Å². The summed E-state index contributed by atoms with van der Waals surface area (Å²) >= 11 is 0. The standard InChI is InChI=1S/C17H28N2O/c1-4-15-12-20-14(3)11-19(15)10-9-17(18)16-8-6-5-7-13(16)2/h5-8,14-15,17H,4,9-12,18H2,1-3H3. The summed E-state index contributed by atoms with van der Waals surface area (Å²) < 4.78 is 5.75. The monoisotopic (exact) mass is 276 g/mol. The zero-order valence-corrected chi connectivity index (χ0v) is 13.0. The molecule has 1 aromatic rings. The smallest absolute Gasteiger partial charge is 0.0674 e. The second kappa shape index (κ2) is 7.21. The van der Waals surface area contributed by atoms with Crippen LogP contribution < -0.4 is 5.73 Å². The first kappa shape index (κ1) is 15.5. The number of hydrogen-bond acceptors (Lipinski definition) is 3. The number of morpholine rings is 1. The molecule has 1 saturated heterocycles. The van der Waals surface area contributed by atoms with E-state index in [1.54, 1.807) is 0 Å². The van der Waals surface area contributed by atoms with Gasteiger partial charge in [-0.2, -0.15) is 0 Å². The molecule has 112 valence electrons. The molecule has 0 amide bonds. The minimum absolute atomic E-state index is 0.131. The van der Waals surface area contributed by atoms with Gasteiger partial charge < -0.3 is 10.5 Å². The number of nitrogens with zero attached hydrogens (tertiary/aromatic N) is 1. The number of nitrogens with two attached hydrogens (primary N) is 1. The van der Waals surface area contributed by atoms with Crippen LogP contribution in [0, 0.1) is 6.92 Å². The molecule has 0 saturated carbocycles. The van der Waals surface area contributed by atoms with Crippen LogP contribution >= 0.6 is 0 Å². The lowest BCUT2D eigenvalue weighted by Crippen LogP contribution is -2.49. The van der Waals surface area contributed by atoms with Gasteiger partial charge in [-0.05, 0) is 37.8 Å². The molecule has 3 unspecified atom stereocenters. The maximum absolute atomic E-state index is 6.38. The molecule has 2 N–H and O–H groups in total. The Bertz CT molecular complexity index is 421. The summed E-state index contributed by atoms with van der Waals surface area (Å²) in [4.78, 5) is 2.55. The average Bonchev–Trinajstić information content (AvgIpc) is 2.45. The second-order valence-corrected chi connectivity index (χ2v) is 5.95. The lowest BCUT2D eigenvalue weighted by molar-refractivity contribution is -0.0564. The van der Waals surface area contributed by atoms with Gasteiger partial charge >= 0.3 is 0 Å². The van der Waals surface area contributed by atoms with Crippen LogP contribution in [0.2, 0.25) is 0 Å². The molecular formula is C17H28N2O. The summed E-state index contributed by atoms with van der Waals surface area (Å²) in [6.45, 7) is 9.47. The minimum atomic E-state index is 0.131. The van der Waals surface area contributed by atoms with Gasteiger partial charge in [0, 0.05) is 25.2 Å². The Morgan fingerprint density at radius 3 is 2.85 bits per heavy atom. The molecule has 3 atom stereocenters. The fourth-order valence-electron chi connectivity index (χ4n) is 3.03. The SMILES string of the molecule is CCC1COC(C)CN1CCC(N)c1ccccc1C. The predicted octanol–water partition coefficient (Wildman–Crippen LogP) is 2.88. The molecule has 0 radical (unpaired) electrons. The fourth-order valence-corrected chi connectivity index (χ4v) is 3.03. The molecule has 3 nitrogen and oxygen atoms in total. The lowest BCUT2D eigenvalue weighted by Gasteiger charge is -2.38. The largest absolute Gasteiger partial charge is 0.376 e. The van der Waals surface area contributed by atoms with E-state index < -0.39 is 0 Å². The quantitative estimate of drug-likeness (QED) is 0.898. The summed E-state index contributed by atoms with van der Waals surface area (Å²) in [5.74, 6) is 0. The van der Waals surface area contributed by atoms with Gasteiger partial charge in [-0.1, -0.05) is 31.2 Å². The molecule has 1 aromatic carbocycles. The van der Waals surface area contributed by atoms with Crippen LogP contribution in [-0.4, -0.2) is 36.7 Å². The Morgan fingerprint density at radius 1 is 1.40 bits per heavy atom. The molecule has 1 heterocycles. The molecule has 0 aromatic heterocycles. The van der Waals surface area contributed by atoms with Crippen LogP contribution in [0.15, 0.2) is 24.3 Å². The van der Waals surface area contributed by atoms with Crippen LogP contribution in [0.5, 0.6) is 0 Å². The minimum Gasteiger partial charge on any atom is -0.376 e. The topological polar surface area (TPSA) is 38.5 Å². The van der Waals surface area contributed by atoms with Gasteiger partial charge in [0.25, 0.3) is 0 Å².